The lowest BCUT2D eigenvalue weighted by atomic mass is 10.1. The third-order valence-corrected chi connectivity index (χ3v) is 3.27. The SMILES string of the molecule is CN(C)C(=O)CCCNCc1cccc2cccnc12. The molecule has 1 N–H and O–H groups in total. The first-order valence-electron chi connectivity index (χ1n) is 6.92. The van der Waals surface area contributed by atoms with E-state index in [-0.39, 0.29) is 5.91 Å². The molecule has 0 atom stereocenters. The Balaban J connectivity index is 1.83. The number of nitrogens with one attached hydrogen (secondary N) is 1. The summed E-state index contributed by atoms with van der Waals surface area (Å²) in [4.78, 5) is 17.5. The highest BCUT2D eigenvalue weighted by atomic mass is 16.2. The molecule has 2 aromatic rings. The summed E-state index contributed by atoms with van der Waals surface area (Å²) in [6.07, 6.45) is 3.27. The molecule has 1 aromatic heterocycles. The summed E-state index contributed by atoms with van der Waals surface area (Å²) < 4.78 is 0. The number of rotatable bonds is 6. The van der Waals surface area contributed by atoms with E-state index in [1.54, 1.807) is 19.0 Å². The van der Waals surface area contributed by atoms with Gasteiger partial charge in [-0.2, -0.15) is 0 Å². The molecule has 0 spiro atoms. The van der Waals surface area contributed by atoms with Crippen LogP contribution in [0.1, 0.15) is 18.4 Å². The molecule has 2 rings (SSSR count). The molecule has 0 saturated carbocycles. The van der Waals surface area contributed by atoms with Gasteiger partial charge in [0.05, 0.1) is 5.52 Å². The second-order valence-corrected chi connectivity index (χ2v) is 5.06. The van der Waals surface area contributed by atoms with E-state index in [2.05, 4.69) is 34.6 Å². The molecule has 106 valence electrons. The lowest BCUT2D eigenvalue weighted by molar-refractivity contribution is -0.128. The topological polar surface area (TPSA) is 45.2 Å². The van der Waals surface area contributed by atoms with E-state index in [4.69, 9.17) is 0 Å². The summed E-state index contributed by atoms with van der Waals surface area (Å²) in [6, 6.07) is 10.2. The second-order valence-electron chi connectivity index (χ2n) is 5.06. The number of carbonyl (C=O) groups is 1. The first-order chi connectivity index (χ1) is 9.68. The fourth-order valence-electron chi connectivity index (χ4n) is 2.12. The van der Waals surface area contributed by atoms with Crippen LogP contribution in [0.3, 0.4) is 0 Å². The van der Waals surface area contributed by atoms with Gasteiger partial charge in [0.2, 0.25) is 5.91 Å². The van der Waals surface area contributed by atoms with Crippen molar-refractivity contribution in [1.29, 1.82) is 0 Å². The van der Waals surface area contributed by atoms with Gasteiger partial charge in [0.25, 0.3) is 0 Å². The molecule has 1 heterocycles. The Hall–Kier alpha value is -1.94. The number of aromatic nitrogens is 1. The lowest BCUT2D eigenvalue weighted by Gasteiger charge is -2.10. The maximum atomic E-state index is 11.4. The minimum atomic E-state index is 0.179. The molecule has 0 aliphatic heterocycles. The molecule has 0 radical (unpaired) electrons. The van der Waals surface area contributed by atoms with Gasteiger partial charge in [0.1, 0.15) is 0 Å². The Kier molecular flexibility index (Phi) is 5.07. The maximum absolute atomic E-state index is 11.4. The van der Waals surface area contributed by atoms with Crippen molar-refractivity contribution in [2.45, 2.75) is 19.4 Å². The Morgan fingerprint density at radius 2 is 2.05 bits per heavy atom. The van der Waals surface area contributed by atoms with Crippen molar-refractivity contribution >= 4 is 16.8 Å². The molecular weight excluding hydrogens is 250 g/mol. The quantitative estimate of drug-likeness (QED) is 0.819. The van der Waals surface area contributed by atoms with Gasteiger partial charge in [-0.05, 0) is 24.6 Å². The van der Waals surface area contributed by atoms with Gasteiger partial charge >= 0.3 is 0 Å². The summed E-state index contributed by atoms with van der Waals surface area (Å²) in [7, 11) is 3.58. The third-order valence-electron chi connectivity index (χ3n) is 3.27. The number of para-hydroxylation sites is 1. The number of nitrogens with zero attached hydrogens (tertiary/aromatic N) is 2. The zero-order valence-electron chi connectivity index (χ0n) is 12.1. The van der Waals surface area contributed by atoms with Gasteiger partial charge in [-0.1, -0.05) is 24.3 Å². The summed E-state index contributed by atoms with van der Waals surface area (Å²) in [6.45, 7) is 1.62. The molecule has 4 nitrogen and oxygen atoms in total. The first-order valence-corrected chi connectivity index (χ1v) is 6.92. The molecule has 0 unspecified atom stereocenters. The van der Waals surface area contributed by atoms with Crippen LogP contribution in [0.25, 0.3) is 10.9 Å². The molecule has 0 saturated heterocycles. The molecule has 1 amide bonds. The highest BCUT2D eigenvalue weighted by molar-refractivity contribution is 5.81. The van der Waals surface area contributed by atoms with Crippen LogP contribution in [0.15, 0.2) is 36.5 Å². The minimum absolute atomic E-state index is 0.179. The highest BCUT2D eigenvalue weighted by Gasteiger charge is 2.04. The molecule has 4 heteroatoms. The van der Waals surface area contributed by atoms with Gasteiger partial charge < -0.3 is 10.2 Å². The van der Waals surface area contributed by atoms with Crippen molar-refractivity contribution in [3.63, 3.8) is 0 Å². The van der Waals surface area contributed by atoms with Crippen molar-refractivity contribution in [2.24, 2.45) is 0 Å². The number of hydrogen-bond acceptors (Lipinski definition) is 3. The number of carbonyl (C=O) groups excluding carboxylic acids is 1. The summed E-state index contributed by atoms with van der Waals surface area (Å²) in [5, 5.41) is 4.54. The summed E-state index contributed by atoms with van der Waals surface area (Å²) in [5.41, 5.74) is 2.24. The predicted octanol–water partition coefficient (Wildman–Crippen LogP) is 2.19. The maximum Gasteiger partial charge on any atom is 0.222 e. The Morgan fingerprint density at radius 3 is 2.85 bits per heavy atom. The second kappa shape index (κ2) is 7.01. The van der Waals surface area contributed by atoms with E-state index in [0.717, 1.165) is 30.4 Å². The monoisotopic (exact) mass is 271 g/mol. The van der Waals surface area contributed by atoms with Gasteiger partial charge in [-0.25, -0.2) is 0 Å². The van der Waals surface area contributed by atoms with Crippen LogP contribution in [0, 0.1) is 0 Å². The van der Waals surface area contributed by atoms with Crippen LogP contribution in [0.2, 0.25) is 0 Å². The van der Waals surface area contributed by atoms with Crippen LogP contribution in [0.5, 0.6) is 0 Å². The van der Waals surface area contributed by atoms with Gasteiger partial charge in [0.15, 0.2) is 0 Å². The number of hydrogen-bond donors (Lipinski definition) is 1. The van der Waals surface area contributed by atoms with Crippen molar-refractivity contribution in [1.82, 2.24) is 15.2 Å². The molecule has 0 aliphatic rings. The number of fused-ring (bicyclic) bond motifs is 1. The average molecular weight is 271 g/mol. The largest absolute Gasteiger partial charge is 0.349 e. The zero-order valence-corrected chi connectivity index (χ0v) is 12.1. The average Bonchev–Trinajstić information content (AvgIpc) is 2.46. The van der Waals surface area contributed by atoms with Gasteiger partial charge in [-0.3, -0.25) is 9.78 Å². The van der Waals surface area contributed by atoms with E-state index in [1.807, 2.05) is 12.3 Å². The van der Waals surface area contributed by atoms with E-state index in [9.17, 15) is 4.79 Å². The molecule has 20 heavy (non-hydrogen) atoms. The predicted molar refractivity (Wildman–Crippen MR) is 81.4 cm³/mol. The summed E-state index contributed by atoms with van der Waals surface area (Å²) in [5.74, 6) is 0.179. The van der Waals surface area contributed by atoms with Crippen LogP contribution < -0.4 is 5.32 Å². The van der Waals surface area contributed by atoms with E-state index < -0.39 is 0 Å². The Morgan fingerprint density at radius 1 is 1.25 bits per heavy atom. The number of pyridine rings is 1. The van der Waals surface area contributed by atoms with Crippen molar-refractivity contribution in [2.75, 3.05) is 20.6 Å². The fraction of sp³-hybridized carbons (Fsp3) is 0.375. The standard InChI is InChI=1S/C16H21N3O/c1-19(2)15(20)9-5-10-17-12-14-7-3-6-13-8-4-11-18-16(13)14/h3-4,6-8,11,17H,5,9-10,12H2,1-2H3. The third kappa shape index (κ3) is 3.78. The van der Waals surface area contributed by atoms with E-state index in [0.29, 0.717) is 6.42 Å². The Labute approximate surface area is 119 Å². The smallest absolute Gasteiger partial charge is 0.222 e. The van der Waals surface area contributed by atoms with Crippen molar-refractivity contribution in [3.8, 4) is 0 Å². The minimum Gasteiger partial charge on any atom is -0.349 e. The van der Waals surface area contributed by atoms with Crippen LogP contribution in [-0.4, -0.2) is 36.4 Å². The van der Waals surface area contributed by atoms with Gasteiger partial charge in [-0.15, -0.1) is 0 Å². The lowest BCUT2D eigenvalue weighted by Crippen LogP contribution is -2.23. The highest BCUT2D eigenvalue weighted by Crippen LogP contribution is 2.15. The van der Waals surface area contributed by atoms with Crippen LogP contribution >= 0.6 is 0 Å². The van der Waals surface area contributed by atoms with Gasteiger partial charge in [0, 0.05) is 38.6 Å². The van der Waals surface area contributed by atoms with Crippen molar-refractivity contribution in [3.05, 3.63) is 42.1 Å². The normalized spacial score (nSPS) is 10.7. The zero-order chi connectivity index (χ0) is 14.4. The van der Waals surface area contributed by atoms with E-state index >= 15 is 0 Å². The molecule has 0 aliphatic carbocycles. The molecular formula is C16H21N3O. The fourth-order valence-corrected chi connectivity index (χ4v) is 2.12. The van der Waals surface area contributed by atoms with E-state index in [1.165, 1.54) is 5.56 Å². The van der Waals surface area contributed by atoms with Crippen LogP contribution in [0.4, 0.5) is 0 Å². The van der Waals surface area contributed by atoms with Crippen LogP contribution in [-0.2, 0) is 11.3 Å². The molecule has 0 bridgehead atoms. The number of benzene rings is 1. The number of amides is 1. The molecule has 1 aromatic carbocycles. The van der Waals surface area contributed by atoms with Crippen molar-refractivity contribution < 1.29 is 4.79 Å². The molecule has 0 fully saturated rings. The summed E-state index contributed by atoms with van der Waals surface area (Å²) >= 11 is 0. The Bertz CT molecular complexity index is 575. The first kappa shape index (κ1) is 14.5.